The van der Waals surface area contributed by atoms with Crippen LogP contribution in [0.2, 0.25) is 0 Å². The molecule has 0 aromatic heterocycles. The second kappa shape index (κ2) is 6.05. The van der Waals surface area contributed by atoms with E-state index in [4.69, 9.17) is 6.42 Å². The summed E-state index contributed by atoms with van der Waals surface area (Å²) in [7, 11) is 0. The summed E-state index contributed by atoms with van der Waals surface area (Å²) < 4.78 is 0. The fourth-order valence-electron chi connectivity index (χ4n) is 1.18. The van der Waals surface area contributed by atoms with E-state index in [1.807, 2.05) is 13.8 Å². The van der Waals surface area contributed by atoms with Crippen LogP contribution in [-0.2, 0) is 0 Å². The zero-order valence-electron chi connectivity index (χ0n) is 8.41. The zero-order valence-corrected chi connectivity index (χ0v) is 8.41. The van der Waals surface area contributed by atoms with E-state index in [9.17, 15) is 0 Å². The standard InChI is InChI=1S/C8H14N2.C2H6/c1-3-5-7-8(6-4-2)9-10-8;1-2/h1,9-10H,4-7H2,2H3;1-2H3. The zero-order chi connectivity index (χ0) is 9.45. The molecule has 0 unspecified atom stereocenters. The van der Waals surface area contributed by atoms with Gasteiger partial charge in [-0.25, -0.2) is 10.9 Å². The molecule has 2 N–H and O–H groups in total. The molecule has 1 fully saturated rings. The molecule has 12 heavy (non-hydrogen) atoms. The molecule has 0 saturated carbocycles. The van der Waals surface area contributed by atoms with E-state index in [1.165, 1.54) is 12.8 Å². The first-order valence-electron chi connectivity index (χ1n) is 4.81. The Morgan fingerprint density at radius 3 is 2.17 bits per heavy atom. The van der Waals surface area contributed by atoms with E-state index in [-0.39, 0.29) is 5.66 Å². The lowest BCUT2D eigenvalue weighted by atomic mass is 10.0. The van der Waals surface area contributed by atoms with Crippen LogP contribution in [0.3, 0.4) is 0 Å². The molecule has 0 bridgehead atoms. The molecule has 0 atom stereocenters. The number of hydrogen-bond acceptors (Lipinski definition) is 2. The lowest BCUT2D eigenvalue weighted by Gasteiger charge is -2.06. The van der Waals surface area contributed by atoms with Gasteiger partial charge in [0.15, 0.2) is 0 Å². The highest BCUT2D eigenvalue weighted by Crippen LogP contribution is 2.22. The van der Waals surface area contributed by atoms with E-state index in [1.54, 1.807) is 0 Å². The maximum atomic E-state index is 5.15. The van der Waals surface area contributed by atoms with Gasteiger partial charge in [-0.2, -0.15) is 0 Å². The van der Waals surface area contributed by atoms with Gasteiger partial charge in [0.05, 0.1) is 5.66 Å². The van der Waals surface area contributed by atoms with Crippen LogP contribution in [0.4, 0.5) is 0 Å². The maximum Gasteiger partial charge on any atom is 0.0952 e. The Bertz CT molecular complexity index is 142. The average Bonchev–Trinajstić information content (AvgIpc) is 2.87. The Morgan fingerprint density at radius 1 is 1.25 bits per heavy atom. The van der Waals surface area contributed by atoms with Crippen LogP contribution in [0.15, 0.2) is 0 Å². The van der Waals surface area contributed by atoms with Gasteiger partial charge in [-0.3, -0.25) is 0 Å². The van der Waals surface area contributed by atoms with Crippen LogP contribution in [0.25, 0.3) is 0 Å². The van der Waals surface area contributed by atoms with Crippen LogP contribution >= 0.6 is 0 Å². The van der Waals surface area contributed by atoms with Gasteiger partial charge >= 0.3 is 0 Å². The minimum atomic E-state index is 0.209. The van der Waals surface area contributed by atoms with E-state index < -0.39 is 0 Å². The molecule has 0 aliphatic carbocycles. The first-order chi connectivity index (χ1) is 5.83. The van der Waals surface area contributed by atoms with Crippen molar-refractivity contribution in [2.45, 2.75) is 52.1 Å². The second-order valence-electron chi connectivity index (χ2n) is 2.79. The molecule has 70 valence electrons. The largest absolute Gasteiger partial charge is 0.235 e. The summed E-state index contributed by atoms with van der Waals surface area (Å²) >= 11 is 0. The van der Waals surface area contributed by atoms with E-state index in [0.717, 1.165) is 12.8 Å². The highest BCUT2D eigenvalue weighted by Gasteiger charge is 2.39. The first kappa shape index (κ1) is 11.5. The van der Waals surface area contributed by atoms with Crippen LogP contribution in [0.5, 0.6) is 0 Å². The van der Waals surface area contributed by atoms with Crippen molar-refractivity contribution in [1.82, 2.24) is 10.9 Å². The van der Waals surface area contributed by atoms with Crippen molar-refractivity contribution in [2.75, 3.05) is 0 Å². The Kier molecular flexibility index (Phi) is 5.79. The Hall–Kier alpha value is -0.520. The third kappa shape index (κ3) is 3.75. The predicted octanol–water partition coefficient (Wildman–Crippen LogP) is 2.03. The summed E-state index contributed by atoms with van der Waals surface area (Å²) in [6.07, 6.45) is 9.44. The molecular formula is C10H20N2. The van der Waals surface area contributed by atoms with Crippen molar-refractivity contribution in [2.24, 2.45) is 0 Å². The van der Waals surface area contributed by atoms with Gasteiger partial charge in [0.2, 0.25) is 0 Å². The maximum absolute atomic E-state index is 5.15. The van der Waals surface area contributed by atoms with Gasteiger partial charge in [-0.1, -0.05) is 27.2 Å². The molecule has 0 aromatic rings. The van der Waals surface area contributed by atoms with Crippen molar-refractivity contribution >= 4 is 0 Å². The molecule has 2 heteroatoms. The summed E-state index contributed by atoms with van der Waals surface area (Å²) in [4.78, 5) is 0. The van der Waals surface area contributed by atoms with Crippen molar-refractivity contribution in [3.8, 4) is 12.3 Å². The van der Waals surface area contributed by atoms with E-state index in [2.05, 4.69) is 23.7 Å². The molecule has 0 aromatic carbocycles. The second-order valence-corrected chi connectivity index (χ2v) is 2.79. The monoisotopic (exact) mass is 168 g/mol. The highest BCUT2D eigenvalue weighted by molar-refractivity contribution is 4.97. The minimum Gasteiger partial charge on any atom is -0.235 e. The number of rotatable bonds is 4. The first-order valence-corrected chi connectivity index (χ1v) is 4.81. The highest BCUT2D eigenvalue weighted by atomic mass is 15.7. The van der Waals surface area contributed by atoms with E-state index >= 15 is 0 Å². The van der Waals surface area contributed by atoms with Gasteiger partial charge in [0.1, 0.15) is 0 Å². The number of terminal acetylenes is 1. The average molecular weight is 168 g/mol. The molecule has 1 aliphatic heterocycles. The van der Waals surface area contributed by atoms with Crippen LogP contribution in [-0.4, -0.2) is 5.66 Å². The van der Waals surface area contributed by atoms with Crippen molar-refractivity contribution < 1.29 is 0 Å². The summed E-state index contributed by atoms with van der Waals surface area (Å²) in [5, 5.41) is 0. The lowest BCUT2D eigenvalue weighted by Crippen LogP contribution is -2.16. The fourth-order valence-corrected chi connectivity index (χ4v) is 1.18. The normalized spacial score (nSPS) is 17.2. The van der Waals surface area contributed by atoms with E-state index in [0.29, 0.717) is 0 Å². The summed E-state index contributed by atoms with van der Waals surface area (Å²) in [5.41, 5.74) is 6.49. The predicted molar refractivity (Wildman–Crippen MR) is 53.3 cm³/mol. The molecule has 1 aliphatic rings. The van der Waals surface area contributed by atoms with Gasteiger partial charge in [0, 0.05) is 6.42 Å². The van der Waals surface area contributed by atoms with Crippen molar-refractivity contribution in [1.29, 1.82) is 0 Å². The molecule has 0 spiro atoms. The van der Waals surface area contributed by atoms with Crippen LogP contribution in [0, 0.1) is 12.3 Å². The molecule has 1 rings (SSSR count). The Morgan fingerprint density at radius 2 is 1.83 bits per heavy atom. The number of hydrazine groups is 1. The molecule has 0 radical (unpaired) electrons. The third-order valence-corrected chi connectivity index (χ3v) is 1.85. The molecular weight excluding hydrogens is 148 g/mol. The van der Waals surface area contributed by atoms with Gasteiger partial charge in [-0.05, 0) is 12.8 Å². The quantitative estimate of drug-likeness (QED) is 0.498. The lowest BCUT2D eigenvalue weighted by molar-refractivity contribution is 0.511. The van der Waals surface area contributed by atoms with Gasteiger partial charge in [-0.15, -0.1) is 12.3 Å². The summed E-state index contributed by atoms with van der Waals surface area (Å²) in [6, 6.07) is 0. The smallest absolute Gasteiger partial charge is 0.0952 e. The third-order valence-electron chi connectivity index (χ3n) is 1.85. The van der Waals surface area contributed by atoms with Crippen LogP contribution < -0.4 is 10.9 Å². The SMILES string of the molecule is C#CCCC1(CCC)NN1.CC. The van der Waals surface area contributed by atoms with Crippen molar-refractivity contribution in [3.63, 3.8) is 0 Å². The Labute approximate surface area is 76.1 Å². The van der Waals surface area contributed by atoms with Gasteiger partial charge in [0.25, 0.3) is 0 Å². The summed E-state index contributed by atoms with van der Waals surface area (Å²) in [5.74, 6) is 2.64. The van der Waals surface area contributed by atoms with Crippen LogP contribution in [0.1, 0.15) is 46.5 Å². The molecule has 1 saturated heterocycles. The molecule has 1 heterocycles. The minimum absolute atomic E-state index is 0.209. The summed E-state index contributed by atoms with van der Waals surface area (Å²) in [6.45, 7) is 6.18. The number of hydrogen-bond donors (Lipinski definition) is 2. The van der Waals surface area contributed by atoms with Crippen molar-refractivity contribution in [3.05, 3.63) is 0 Å². The topological polar surface area (TPSA) is 43.9 Å². The Balaban J connectivity index is 0.000000561. The van der Waals surface area contributed by atoms with Gasteiger partial charge < -0.3 is 0 Å². The fraction of sp³-hybridized carbons (Fsp3) is 0.800. The number of nitrogens with one attached hydrogen (secondary N) is 2. The molecule has 0 amide bonds. The molecule has 2 nitrogen and oxygen atoms in total.